The average molecular weight is 211 g/mol. The molecule has 0 spiro atoms. The van der Waals surface area contributed by atoms with E-state index in [1.807, 2.05) is 48.6 Å². The van der Waals surface area contributed by atoms with Crippen LogP contribution in [0.3, 0.4) is 0 Å². The van der Waals surface area contributed by atoms with Gasteiger partial charge in [0.2, 0.25) is 0 Å². The van der Waals surface area contributed by atoms with E-state index in [4.69, 9.17) is 4.74 Å². The first kappa shape index (κ1) is 10.5. The SMILES string of the molecule is COc1ccc(C2(C#N)C=CC=CC2)cc1. The molecular formula is C14H13NO. The van der Waals surface area contributed by atoms with Gasteiger partial charge >= 0.3 is 0 Å². The smallest absolute Gasteiger partial charge is 0.118 e. The number of nitrogens with zero attached hydrogens (tertiary/aromatic N) is 1. The molecule has 80 valence electrons. The van der Waals surface area contributed by atoms with E-state index < -0.39 is 5.41 Å². The molecule has 2 rings (SSSR count). The number of ether oxygens (including phenoxy) is 1. The number of hydrogen-bond donors (Lipinski definition) is 0. The van der Waals surface area contributed by atoms with Crippen LogP contribution in [0, 0.1) is 11.3 Å². The molecular weight excluding hydrogens is 198 g/mol. The predicted octanol–water partition coefficient (Wildman–Crippen LogP) is 2.97. The Labute approximate surface area is 95.5 Å². The van der Waals surface area contributed by atoms with Crippen LogP contribution in [-0.4, -0.2) is 7.11 Å². The summed E-state index contributed by atoms with van der Waals surface area (Å²) in [7, 11) is 1.64. The molecule has 0 amide bonds. The molecule has 1 aliphatic carbocycles. The fourth-order valence-corrected chi connectivity index (χ4v) is 1.87. The second-order valence-electron chi connectivity index (χ2n) is 3.80. The van der Waals surface area contributed by atoms with Gasteiger partial charge in [0.1, 0.15) is 11.2 Å². The zero-order valence-corrected chi connectivity index (χ0v) is 9.18. The van der Waals surface area contributed by atoms with Crippen molar-refractivity contribution in [1.82, 2.24) is 0 Å². The molecule has 0 heterocycles. The zero-order valence-electron chi connectivity index (χ0n) is 9.18. The highest BCUT2D eigenvalue weighted by molar-refractivity contribution is 5.44. The van der Waals surface area contributed by atoms with Gasteiger partial charge in [-0.05, 0) is 24.1 Å². The van der Waals surface area contributed by atoms with E-state index in [1.165, 1.54) is 0 Å². The summed E-state index contributed by atoms with van der Waals surface area (Å²) >= 11 is 0. The Kier molecular flexibility index (Phi) is 2.78. The largest absolute Gasteiger partial charge is 0.497 e. The summed E-state index contributed by atoms with van der Waals surface area (Å²) in [5.41, 5.74) is 0.498. The molecule has 0 N–H and O–H groups in total. The van der Waals surface area contributed by atoms with E-state index in [9.17, 15) is 5.26 Å². The zero-order chi connectivity index (χ0) is 11.4. The minimum absolute atomic E-state index is 0.513. The van der Waals surface area contributed by atoms with Crippen molar-refractivity contribution in [1.29, 1.82) is 5.26 Å². The van der Waals surface area contributed by atoms with Crippen molar-refractivity contribution in [3.8, 4) is 11.8 Å². The highest BCUT2D eigenvalue weighted by atomic mass is 16.5. The first-order valence-electron chi connectivity index (χ1n) is 5.21. The van der Waals surface area contributed by atoms with E-state index in [0.29, 0.717) is 0 Å². The third-order valence-electron chi connectivity index (χ3n) is 2.87. The minimum Gasteiger partial charge on any atom is -0.497 e. The number of nitriles is 1. The van der Waals surface area contributed by atoms with Crippen LogP contribution < -0.4 is 4.74 Å². The van der Waals surface area contributed by atoms with Gasteiger partial charge in [0.25, 0.3) is 0 Å². The molecule has 1 aromatic rings. The Morgan fingerprint density at radius 1 is 1.25 bits per heavy atom. The molecule has 0 bridgehead atoms. The number of hydrogen-bond acceptors (Lipinski definition) is 2. The molecule has 0 aromatic heterocycles. The van der Waals surface area contributed by atoms with Crippen LogP contribution in [0.15, 0.2) is 48.6 Å². The van der Waals surface area contributed by atoms with Crippen LogP contribution in [0.25, 0.3) is 0 Å². The van der Waals surface area contributed by atoms with Gasteiger partial charge in [-0.2, -0.15) is 5.26 Å². The van der Waals surface area contributed by atoms with Gasteiger partial charge in [0.05, 0.1) is 13.2 Å². The Hall–Kier alpha value is -2.01. The third-order valence-corrected chi connectivity index (χ3v) is 2.87. The molecule has 16 heavy (non-hydrogen) atoms. The summed E-state index contributed by atoms with van der Waals surface area (Å²) in [6.07, 6.45) is 8.60. The van der Waals surface area contributed by atoms with Crippen molar-refractivity contribution in [3.63, 3.8) is 0 Å². The summed E-state index contributed by atoms with van der Waals surface area (Å²) < 4.78 is 5.11. The lowest BCUT2D eigenvalue weighted by molar-refractivity contribution is 0.414. The molecule has 1 aliphatic rings. The van der Waals surface area contributed by atoms with Gasteiger partial charge in [-0.25, -0.2) is 0 Å². The first-order chi connectivity index (χ1) is 7.80. The normalized spacial score (nSPS) is 22.8. The van der Waals surface area contributed by atoms with E-state index in [1.54, 1.807) is 7.11 Å². The van der Waals surface area contributed by atoms with Crippen LogP contribution >= 0.6 is 0 Å². The molecule has 0 fully saturated rings. The van der Waals surface area contributed by atoms with Crippen LogP contribution in [0.2, 0.25) is 0 Å². The van der Waals surface area contributed by atoms with Gasteiger partial charge in [-0.1, -0.05) is 36.4 Å². The summed E-state index contributed by atoms with van der Waals surface area (Å²) in [6, 6.07) is 10.1. The van der Waals surface area contributed by atoms with E-state index in [2.05, 4.69) is 6.07 Å². The Balaban J connectivity index is 2.38. The molecule has 2 heteroatoms. The van der Waals surface area contributed by atoms with Gasteiger partial charge in [-0.15, -0.1) is 0 Å². The summed E-state index contributed by atoms with van der Waals surface area (Å²) in [4.78, 5) is 0. The van der Waals surface area contributed by atoms with Crippen molar-refractivity contribution in [2.24, 2.45) is 0 Å². The van der Waals surface area contributed by atoms with Crippen molar-refractivity contribution in [2.45, 2.75) is 11.8 Å². The number of benzene rings is 1. The highest BCUT2D eigenvalue weighted by Crippen LogP contribution is 2.32. The van der Waals surface area contributed by atoms with Gasteiger partial charge in [-0.3, -0.25) is 0 Å². The first-order valence-corrected chi connectivity index (χ1v) is 5.21. The predicted molar refractivity (Wildman–Crippen MR) is 63.2 cm³/mol. The lowest BCUT2D eigenvalue weighted by Gasteiger charge is -2.23. The fourth-order valence-electron chi connectivity index (χ4n) is 1.87. The van der Waals surface area contributed by atoms with E-state index in [0.717, 1.165) is 17.7 Å². The Bertz CT molecular complexity index is 465. The van der Waals surface area contributed by atoms with Crippen molar-refractivity contribution < 1.29 is 4.74 Å². The average Bonchev–Trinajstić information content (AvgIpc) is 2.39. The molecule has 0 aliphatic heterocycles. The van der Waals surface area contributed by atoms with Crippen LogP contribution in [0.5, 0.6) is 5.75 Å². The summed E-state index contributed by atoms with van der Waals surface area (Å²) in [5, 5.41) is 9.36. The lowest BCUT2D eigenvalue weighted by atomic mass is 9.77. The maximum Gasteiger partial charge on any atom is 0.118 e. The standard InChI is InChI=1S/C14H13NO/c1-16-13-7-5-12(6-8-13)14(11-15)9-3-2-4-10-14/h2-9H,10H2,1H3. The molecule has 1 atom stereocenters. The molecule has 0 saturated carbocycles. The number of rotatable bonds is 2. The van der Waals surface area contributed by atoms with Crippen molar-refractivity contribution in [3.05, 3.63) is 54.1 Å². The quantitative estimate of drug-likeness (QED) is 0.753. The number of allylic oxidation sites excluding steroid dienone is 4. The fraction of sp³-hybridized carbons (Fsp3) is 0.214. The highest BCUT2D eigenvalue weighted by Gasteiger charge is 2.28. The van der Waals surface area contributed by atoms with Crippen LogP contribution in [0.4, 0.5) is 0 Å². The maximum atomic E-state index is 9.36. The molecule has 0 radical (unpaired) electrons. The number of methoxy groups -OCH3 is 1. The minimum atomic E-state index is -0.513. The van der Waals surface area contributed by atoms with E-state index in [-0.39, 0.29) is 0 Å². The Morgan fingerprint density at radius 2 is 2.00 bits per heavy atom. The third kappa shape index (κ3) is 1.72. The molecule has 2 nitrogen and oxygen atoms in total. The maximum absolute atomic E-state index is 9.36. The van der Waals surface area contributed by atoms with Crippen molar-refractivity contribution in [2.75, 3.05) is 7.11 Å². The van der Waals surface area contributed by atoms with Crippen LogP contribution in [0.1, 0.15) is 12.0 Å². The molecule has 1 unspecified atom stereocenters. The van der Waals surface area contributed by atoms with E-state index >= 15 is 0 Å². The topological polar surface area (TPSA) is 33.0 Å². The monoisotopic (exact) mass is 211 g/mol. The summed E-state index contributed by atoms with van der Waals surface area (Å²) in [5.74, 6) is 0.812. The van der Waals surface area contributed by atoms with Gasteiger partial charge in [0, 0.05) is 0 Å². The van der Waals surface area contributed by atoms with Crippen LogP contribution in [-0.2, 0) is 5.41 Å². The molecule has 0 saturated heterocycles. The summed E-state index contributed by atoms with van der Waals surface area (Å²) in [6.45, 7) is 0. The van der Waals surface area contributed by atoms with Crippen molar-refractivity contribution >= 4 is 0 Å². The van der Waals surface area contributed by atoms with Gasteiger partial charge < -0.3 is 4.74 Å². The second kappa shape index (κ2) is 4.24. The Morgan fingerprint density at radius 3 is 2.50 bits per heavy atom. The molecule has 1 aromatic carbocycles. The van der Waals surface area contributed by atoms with Gasteiger partial charge in [0.15, 0.2) is 0 Å². The second-order valence-corrected chi connectivity index (χ2v) is 3.80. The lowest BCUT2D eigenvalue weighted by Crippen LogP contribution is -2.21.